The molecule has 4 nitrogen and oxygen atoms in total. The Morgan fingerprint density at radius 1 is 1.35 bits per heavy atom. The Balaban J connectivity index is 2.39. The molecule has 0 fully saturated rings. The van der Waals surface area contributed by atoms with Gasteiger partial charge in [-0.05, 0) is 31.5 Å². The van der Waals surface area contributed by atoms with E-state index >= 15 is 0 Å². The lowest BCUT2D eigenvalue weighted by molar-refractivity contribution is 0.112. The summed E-state index contributed by atoms with van der Waals surface area (Å²) in [5.74, 6) is 1.18. The van der Waals surface area contributed by atoms with E-state index in [9.17, 15) is 4.79 Å². The molecule has 1 heterocycles. The van der Waals surface area contributed by atoms with E-state index in [-0.39, 0.29) is 0 Å². The van der Waals surface area contributed by atoms with E-state index in [1.165, 1.54) is 0 Å². The van der Waals surface area contributed by atoms with E-state index < -0.39 is 0 Å². The van der Waals surface area contributed by atoms with Gasteiger partial charge in [0, 0.05) is 7.05 Å². The zero-order valence-electron chi connectivity index (χ0n) is 10.1. The molecule has 0 aliphatic rings. The molecule has 0 saturated carbocycles. The van der Waals surface area contributed by atoms with Crippen LogP contribution in [0.25, 0.3) is 0 Å². The summed E-state index contributed by atoms with van der Waals surface area (Å²) in [7, 11) is 1.76. The molecule has 2 rings (SSSR count). The molecule has 0 atom stereocenters. The van der Waals surface area contributed by atoms with E-state index in [1.54, 1.807) is 18.7 Å². The highest BCUT2D eigenvalue weighted by Crippen LogP contribution is 2.26. The van der Waals surface area contributed by atoms with Crippen molar-refractivity contribution in [1.29, 1.82) is 0 Å². The molecule has 0 aliphatic heterocycles. The van der Waals surface area contributed by atoms with Gasteiger partial charge in [-0.25, -0.2) is 4.68 Å². The van der Waals surface area contributed by atoms with Gasteiger partial charge < -0.3 is 4.74 Å². The van der Waals surface area contributed by atoms with Gasteiger partial charge in [-0.3, -0.25) is 4.79 Å². The van der Waals surface area contributed by atoms with E-state index in [2.05, 4.69) is 5.10 Å². The van der Waals surface area contributed by atoms with E-state index in [0.717, 1.165) is 11.8 Å². The predicted octanol–water partition coefficient (Wildman–Crippen LogP) is 2.64. The van der Waals surface area contributed by atoms with Crippen molar-refractivity contribution in [3.8, 4) is 11.6 Å². The molecule has 0 saturated heterocycles. The number of benzene rings is 1. The Morgan fingerprint density at radius 3 is 2.76 bits per heavy atom. The second-order valence-corrected chi connectivity index (χ2v) is 3.96. The van der Waals surface area contributed by atoms with E-state index in [1.807, 2.05) is 31.2 Å². The first-order chi connectivity index (χ1) is 8.11. The molecule has 0 amide bonds. The van der Waals surface area contributed by atoms with Gasteiger partial charge in [0.05, 0.1) is 11.3 Å². The lowest BCUT2D eigenvalue weighted by Gasteiger charge is -2.06. The lowest BCUT2D eigenvalue weighted by Crippen LogP contribution is -1.96. The van der Waals surface area contributed by atoms with Crippen molar-refractivity contribution in [2.24, 2.45) is 7.05 Å². The largest absolute Gasteiger partial charge is 0.439 e. The van der Waals surface area contributed by atoms with Crippen LogP contribution in [0.3, 0.4) is 0 Å². The Labute approximate surface area is 99.8 Å². The highest BCUT2D eigenvalue weighted by Gasteiger charge is 2.14. The molecule has 1 aromatic heterocycles. The van der Waals surface area contributed by atoms with Crippen molar-refractivity contribution >= 4 is 6.29 Å². The lowest BCUT2D eigenvalue weighted by atomic mass is 10.2. The molecule has 0 radical (unpaired) electrons. The Hall–Kier alpha value is -2.10. The van der Waals surface area contributed by atoms with Crippen molar-refractivity contribution in [3.05, 3.63) is 41.1 Å². The van der Waals surface area contributed by atoms with Crippen LogP contribution in [-0.2, 0) is 7.05 Å². The molecule has 2 aromatic rings. The minimum atomic E-state index is 0.475. The maximum absolute atomic E-state index is 11.0. The fourth-order valence-corrected chi connectivity index (χ4v) is 1.70. The second kappa shape index (κ2) is 4.41. The highest BCUT2D eigenvalue weighted by atomic mass is 16.5. The number of aldehydes is 1. The maximum atomic E-state index is 11.0. The highest BCUT2D eigenvalue weighted by molar-refractivity contribution is 5.80. The van der Waals surface area contributed by atoms with Gasteiger partial charge in [-0.1, -0.05) is 12.1 Å². The van der Waals surface area contributed by atoms with Crippen molar-refractivity contribution in [2.45, 2.75) is 13.8 Å². The number of aryl methyl sites for hydroxylation is 3. The van der Waals surface area contributed by atoms with Crippen molar-refractivity contribution in [1.82, 2.24) is 9.78 Å². The van der Waals surface area contributed by atoms with Crippen LogP contribution in [-0.4, -0.2) is 16.1 Å². The topological polar surface area (TPSA) is 44.1 Å². The molecule has 17 heavy (non-hydrogen) atoms. The average Bonchev–Trinajstić information content (AvgIpc) is 2.53. The molecule has 1 aromatic carbocycles. The fraction of sp³-hybridized carbons (Fsp3) is 0.231. The van der Waals surface area contributed by atoms with Crippen LogP contribution in [0.15, 0.2) is 24.3 Å². The van der Waals surface area contributed by atoms with Gasteiger partial charge in [-0.2, -0.15) is 5.10 Å². The first-order valence-electron chi connectivity index (χ1n) is 5.35. The summed E-state index contributed by atoms with van der Waals surface area (Å²) in [5, 5.41) is 4.16. The van der Waals surface area contributed by atoms with Crippen LogP contribution in [0.5, 0.6) is 11.6 Å². The molecule has 0 aliphatic carbocycles. The number of nitrogens with zero attached hydrogens (tertiary/aromatic N) is 2. The molecule has 88 valence electrons. The van der Waals surface area contributed by atoms with Crippen LogP contribution >= 0.6 is 0 Å². The number of ether oxygens (including phenoxy) is 1. The Bertz CT molecular complexity index is 559. The third kappa shape index (κ3) is 2.20. The van der Waals surface area contributed by atoms with Gasteiger partial charge in [-0.15, -0.1) is 0 Å². The van der Waals surface area contributed by atoms with Gasteiger partial charge >= 0.3 is 0 Å². The maximum Gasteiger partial charge on any atom is 0.228 e. The number of carbonyl (C=O) groups is 1. The second-order valence-electron chi connectivity index (χ2n) is 3.96. The van der Waals surface area contributed by atoms with Crippen LogP contribution in [0.1, 0.15) is 21.6 Å². The van der Waals surface area contributed by atoms with Crippen molar-refractivity contribution in [3.63, 3.8) is 0 Å². The third-order valence-corrected chi connectivity index (χ3v) is 2.54. The molecule has 0 bridgehead atoms. The quantitative estimate of drug-likeness (QED) is 0.761. The molecule has 0 N–H and O–H groups in total. The summed E-state index contributed by atoms with van der Waals surface area (Å²) in [5.41, 5.74) is 2.27. The van der Waals surface area contributed by atoms with Crippen LogP contribution < -0.4 is 4.74 Å². The monoisotopic (exact) mass is 230 g/mol. The standard InChI is InChI=1S/C13H14N2O2/c1-9-5-4-6-11(7-9)17-13-12(8-16)10(2)14-15(13)3/h4-8H,1-3H3. The smallest absolute Gasteiger partial charge is 0.228 e. The van der Waals surface area contributed by atoms with E-state index in [0.29, 0.717) is 22.9 Å². The van der Waals surface area contributed by atoms with Crippen LogP contribution in [0.2, 0.25) is 0 Å². The summed E-state index contributed by atoms with van der Waals surface area (Å²) in [6.07, 6.45) is 0.771. The number of hydrogen-bond acceptors (Lipinski definition) is 3. The molecule has 0 spiro atoms. The van der Waals surface area contributed by atoms with Gasteiger partial charge in [0.25, 0.3) is 0 Å². The predicted molar refractivity (Wildman–Crippen MR) is 64.6 cm³/mol. The summed E-state index contributed by atoms with van der Waals surface area (Å²) < 4.78 is 7.27. The first kappa shape index (κ1) is 11.4. The number of hydrogen-bond donors (Lipinski definition) is 0. The van der Waals surface area contributed by atoms with Gasteiger partial charge in [0.1, 0.15) is 5.75 Å². The summed E-state index contributed by atoms with van der Waals surface area (Å²) in [6, 6.07) is 7.66. The third-order valence-electron chi connectivity index (χ3n) is 2.54. The van der Waals surface area contributed by atoms with Crippen LogP contribution in [0, 0.1) is 13.8 Å². The Kier molecular flexibility index (Phi) is 2.95. The number of aromatic nitrogens is 2. The minimum Gasteiger partial charge on any atom is -0.439 e. The van der Waals surface area contributed by atoms with Gasteiger partial charge in [0.15, 0.2) is 6.29 Å². The molecular formula is C13H14N2O2. The summed E-state index contributed by atoms with van der Waals surface area (Å²) in [4.78, 5) is 11.0. The molecule has 4 heteroatoms. The molecular weight excluding hydrogens is 216 g/mol. The minimum absolute atomic E-state index is 0.475. The fourth-order valence-electron chi connectivity index (χ4n) is 1.70. The van der Waals surface area contributed by atoms with Crippen molar-refractivity contribution in [2.75, 3.05) is 0 Å². The Morgan fingerprint density at radius 2 is 2.12 bits per heavy atom. The molecule has 0 unspecified atom stereocenters. The zero-order chi connectivity index (χ0) is 12.4. The number of rotatable bonds is 3. The summed E-state index contributed by atoms with van der Waals surface area (Å²) >= 11 is 0. The van der Waals surface area contributed by atoms with Crippen molar-refractivity contribution < 1.29 is 9.53 Å². The van der Waals surface area contributed by atoms with Crippen LogP contribution in [0.4, 0.5) is 0 Å². The zero-order valence-corrected chi connectivity index (χ0v) is 10.1. The summed E-state index contributed by atoms with van der Waals surface area (Å²) in [6.45, 7) is 3.77. The SMILES string of the molecule is Cc1cccc(Oc2c(C=O)c(C)nn2C)c1. The first-order valence-corrected chi connectivity index (χ1v) is 5.35. The van der Waals surface area contributed by atoms with Gasteiger partial charge in [0.2, 0.25) is 5.88 Å². The normalized spacial score (nSPS) is 10.3. The van der Waals surface area contributed by atoms with E-state index in [4.69, 9.17) is 4.74 Å². The average molecular weight is 230 g/mol. The number of carbonyl (C=O) groups excluding carboxylic acids is 1.